The van der Waals surface area contributed by atoms with Gasteiger partial charge < -0.3 is 9.42 Å². The molecule has 1 aromatic carbocycles. The van der Waals surface area contributed by atoms with Gasteiger partial charge in [0.05, 0.1) is 4.90 Å². The monoisotopic (exact) mass is 586 g/mol. The van der Waals surface area contributed by atoms with Crippen molar-refractivity contribution in [1.82, 2.24) is 14.9 Å². The van der Waals surface area contributed by atoms with Crippen molar-refractivity contribution in [2.75, 3.05) is 18.5 Å². The molecule has 13 heteroatoms. The van der Waals surface area contributed by atoms with Crippen molar-refractivity contribution in [3.05, 3.63) is 36.0 Å². The Bertz CT molecular complexity index is 1340. The van der Waals surface area contributed by atoms with Crippen LogP contribution in [-0.4, -0.2) is 44.0 Å². The first-order valence-electron chi connectivity index (χ1n) is 13.6. The Kier molecular flexibility index (Phi) is 7.30. The SMILES string of the molecule is CNS(=O)(=O)c1cccc(N(CC23CCC(c4noc(C(C)(F)F)n4)(CC2)CC3)C(=O)C2CCC(F)(F)CC2)c1. The van der Waals surface area contributed by atoms with E-state index in [0.717, 1.165) is 0 Å². The lowest BCUT2D eigenvalue weighted by molar-refractivity contribution is -0.127. The number of benzene rings is 1. The molecule has 6 rings (SSSR count). The first kappa shape index (κ1) is 29.0. The van der Waals surface area contributed by atoms with Gasteiger partial charge in [-0.2, -0.15) is 13.8 Å². The second-order valence-corrected chi connectivity index (χ2v) is 13.7. The van der Waals surface area contributed by atoms with Gasteiger partial charge in [0, 0.05) is 43.3 Å². The van der Waals surface area contributed by atoms with Gasteiger partial charge in [0.1, 0.15) is 0 Å². The molecule has 8 nitrogen and oxygen atoms in total. The van der Waals surface area contributed by atoms with Crippen LogP contribution in [0.15, 0.2) is 33.7 Å². The maximum absolute atomic E-state index is 13.9. The van der Waals surface area contributed by atoms with E-state index in [4.69, 9.17) is 4.52 Å². The predicted octanol–water partition coefficient (Wildman–Crippen LogP) is 5.54. The molecule has 4 aliphatic carbocycles. The third-order valence-corrected chi connectivity index (χ3v) is 10.6. The highest BCUT2D eigenvalue weighted by Gasteiger charge is 2.53. The van der Waals surface area contributed by atoms with E-state index in [0.29, 0.717) is 63.5 Å². The molecular weight excluding hydrogens is 552 g/mol. The molecule has 1 amide bonds. The zero-order valence-corrected chi connectivity index (χ0v) is 23.4. The first-order chi connectivity index (χ1) is 18.7. The number of sulfonamides is 1. The third kappa shape index (κ3) is 5.50. The predicted molar refractivity (Wildman–Crippen MR) is 138 cm³/mol. The summed E-state index contributed by atoms with van der Waals surface area (Å²) in [7, 11) is -2.47. The molecule has 0 aliphatic heterocycles. The minimum Gasteiger partial charge on any atom is -0.333 e. The van der Waals surface area contributed by atoms with Crippen LogP contribution in [0.3, 0.4) is 0 Å². The summed E-state index contributed by atoms with van der Waals surface area (Å²) in [5.41, 5.74) is -0.363. The molecule has 4 fully saturated rings. The van der Waals surface area contributed by atoms with Gasteiger partial charge in [0.25, 0.3) is 5.89 Å². The molecule has 0 atom stereocenters. The van der Waals surface area contributed by atoms with Crippen LogP contribution >= 0.6 is 0 Å². The summed E-state index contributed by atoms with van der Waals surface area (Å²) in [5.74, 6) is -7.29. The molecule has 0 spiro atoms. The Labute approximate surface area is 230 Å². The van der Waals surface area contributed by atoms with Crippen LogP contribution in [0, 0.1) is 11.3 Å². The number of aromatic nitrogens is 2. The number of nitrogens with one attached hydrogen (secondary N) is 1. The molecule has 2 bridgehead atoms. The summed E-state index contributed by atoms with van der Waals surface area (Å²) in [4.78, 5) is 19.5. The summed E-state index contributed by atoms with van der Waals surface area (Å²) in [6, 6.07) is 6.12. The number of nitrogens with zero attached hydrogens (tertiary/aromatic N) is 3. The highest BCUT2D eigenvalue weighted by molar-refractivity contribution is 7.89. The van der Waals surface area contributed by atoms with Crippen molar-refractivity contribution in [3.63, 3.8) is 0 Å². The molecule has 2 aromatic rings. The van der Waals surface area contributed by atoms with Gasteiger partial charge in [0.15, 0.2) is 5.82 Å². The van der Waals surface area contributed by atoms with Crippen molar-refractivity contribution < 1.29 is 35.3 Å². The van der Waals surface area contributed by atoms with E-state index in [9.17, 15) is 30.8 Å². The summed E-state index contributed by atoms with van der Waals surface area (Å²) >= 11 is 0. The molecule has 4 saturated carbocycles. The third-order valence-electron chi connectivity index (χ3n) is 9.21. The number of carbonyl (C=O) groups is 1. The smallest absolute Gasteiger partial charge is 0.322 e. The standard InChI is InChI=1S/C27H34F4N4O4S/c1-24(28,29)23-33-22(34-39-23)26-13-10-25(11-14-26,12-15-26)17-35(21(36)18-6-8-27(30,31)9-7-18)19-4-3-5-20(16-19)40(37,38)32-2/h3-5,16,18,32H,6-15,17H2,1-2H3. The number of carbonyl (C=O) groups excluding carboxylic acids is 1. The Balaban J connectivity index is 1.40. The highest BCUT2D eigenvalue weighted by atomic mass is 32.2. The number of fused-ring (bicyclic) bond motifs is 3. The summed E-state index contributed by atoms with van der Waals surface area (Å²) in [5, 5.41) is 3.89. The van der Waals surface area contributed by atoms with Gasteiger partial charge in [0.2, 0.25) is 21.9 Å². The van der Waals surface area contributed by atoms with Crippen molar-refractivity contribution >= 4 is 21.6 Å². The van der Waals surface area contributed by atoms with E-state index in [2.05, 4.69) is 14.9 Å². The van der Waals surface area contributed by atoms with E-state index in [1.165, 1.54) is 19.2 Å². The number of anilines is 1. The molecule has 0 radical (unpaired) electrons. The summed E-state index contributed by atoms with van der Waals surface area (Å²) in [6.07, 6.45) is 3.35. The second kappa shape index (κ2) is 10.1. The maximum atomic E-state index is 13.9. The quantitative estimate of drug-likeness (QED) is 0.408. The Hall–Kier alpha value is -2.54. The van der Waals surface area contributed by atoms with Crippen molar-refractivity contribution in [3.8, 4) is 0 Å². The Morgan fingerprint density at radius 1 is 1.10 bits per heavy atom. The van der Waals surface area contributed by atoms with Crippen LogP contribution in [0.2, 0.25) is 0 Å². The minimum absolute atomic E-state index is 0.00455. The van der Waals surface area contributed by atoms with Crippen LogP contribution in [0.5, 0.6) is 0 Å². The lowest BCUT2D eigenvalue weighted by Gasteiger charge is -2.53. The average Bonchev–Trinajstić information content (AvgIpc) is 3.45. The largest absolute Gasteiger partial charge is 0.333 e. The van der Waals surface area contributed by atoms with Gasteiger partial charge in [-0.25, -0.2) is 21.9 Å². The van der Waals surface area contributed by atoms with E-state index in [1.807, 2.05) is 0 Å². The van der Waals surface area contributed by atoms with Crippen LogP contribution in [0.1, 0.15) is 82.8 Å². The Morgan fingerprint density at radius 2 is 1.73 bits per heavy atom. The van der Waals surface area contributed by atoms with Crippen LogP contribution in [-0.2, 0) is 26.2 Å². The van der Waals surface area contributed by atoms with E-state index >= 15 is 0 Å². The first-order valence-corrected chi connectivity index (χ1v) is 15.1. The molecule has 1 N–H and O–H groups in total. The zero-order valence-electron chi connectivity index (χ0n) is 22.6. The summed E-state index contributed by atoms with van der Waals surface area (Å²) in [6.45, 7) is 1.02. The van der Waals surface area contributed by atoms with Gasteiger partial charge in [-0.3, -0.25) is 4.79 Å². The topological polar surface area (TPSA) is 105 Å². The molecular formula is C27H34F4N4O4S. The number of hydrogen-bond donors (Lipinski definition) is 1. The van der Waals surface area contributed by atoms with Gasteiger partial charge in [-0.1, -0.05) is 11.2 Å². The lowest BCUT2D eigenvalue weighted by atomic mass is 9.53. The maximum Gasteiger partial charge on any atom is 0.322 e. The average molecular weight is 587 g/mol. The number of hydrogen-bond acceptors (Lipinski definition) is 6. The molecule has 220 valence electrons. The fourth-order valence-corrected chi connectivity index (χ4v) is 7.30. The number of amides is 1. The van der Waals surface area contributed by atoms with Crippen LogP contribution in [0.4, 0.5) is 23.2 Å². The van der Waals surface area contributed by atoms with Gasteiger partial charge in [-0.05, 0) is 82.0 Å². The molecule has 40 heavy (non-hydrogen) atoms. The highest BCUT2D eigenvalue weighted by Crippen LogP contribution is 2.58. The van der Waals surface area contributed by atoms with Gasteiger partial charge >= 0.3 is 5.92 Å². The van der Waals surface area contributed by atoms with Crippen molar-refractivity contribution in [2.45, 2.75) is 93.3 Å². The Morgan fingerprint density at radius 3 is 2.27 bits per heavy atom. The van der Waals surface area contributed by atoms with E-state index < -0.39 is 39.1 Å². The number of rotatable bonds is 8. The number of alkyl halides is 4. The fourth-order valence-electron chi connectivity index (χ4n) is 6.53. The van der Waals surface area contributed by atoms with Gasteiger partial charge in [-0.15, -0.1) is 0 Å². The summed E-state index contributed by atoms with van der Waals surface area (Å²) < 4.78 is 87.3. The molecule has 1 heterocycles. The second-order valence-electron chi connectivity index (χ2n) is 11.9. The van der Waals surface area contributed by atoms with Crippen LogP contribution < -0.4 is 9.62 Å². The van der Waals surface area contributed by atoms with Crippen LogP contribution in [0.25, 0.3) is 0 Å². The fraction of sp³-hybridized carbons (Fsp3) is 0.667. The minimum atomic E-state index is -3.78. The van der Waals surface area contributed by atoms with E-state index in [1.54, 1.807) is 17.0 Å². The zero-order chi connectivity index (χ0) is 29.0. The molecule has 1 aromatic heterocycles. The molecule has 0 saturated heterocycles. The number of halogens is 4. The van der Waals surface area contributed by atoms with E-state index in [-0.39, 0.29) is 41.9 Å². The lowest BCUT2D eigenvalue weighted by Crippen LogP contribution is -2.52. The van der Waals surface area contributed by atoms with Crippen molar-refractivity contribution in [1.29, 1.82) is 0 Å². The normalized spacial score (nSPS) is 27.1. The van der Waals surface area contributed by atoms with Crippen molar-refractivity contribution in [2.24, 2.45) is 11.3 Å². The molecule has 4 aliphatic rings. The molecule has 0 unspecified atom stereocenters.